The van der Waals surface area contributed by atoms with Gasteiger partial charge in [-0.15, -0.1) is 5.10 Å². The minimum Gasteiger partial charge on any atom is -0.468 e. The highest BCUT2D eigenvalue weighted by Crippen LogP contribution is 2.29. The van der Waals surface area contributed by atoms with Crippen molar-refractivity contribution in [2.75, 3.05) is 0 Å². The van der Waals surface area contributed by atoms with Gasteiger partial charge in [0, 0.05) is 17.6 Å². The molecule has 8 nitrogen and oxygen atoms in total. The zero-order valence-electron chi connectivity index (χ0n) is 20.2. The number of rotatable bonds is 7. The Morgan fingerprint density at radius 1 is 1.15 bits per heavy atom. The zero-order valence-corrected chi connectivity index (χ0v) is 20.2. The summed E-state index contributed by atoms with van der Waals surface area (Å²) in [7, 11) is 0. The molecule has 0 saturated heterocycles. The molecule has 4 rings (SSSR count). The van der Waals surface area contributed by atoms with E-state index in [1.54, 1.807) is 6.26 Å². The number of H-pyrrole nitrogens is 1. The van der Waals surface area contributed by atoms with E-state index in [0.29, 0.717) is 18.7 Å². The Kier molecular flexibility index (Phi) is 6.21. The Morgan fingerprint density at radius 3 is 2.58 bits per heavy atom. The van der Waals surface area contributed by atoms with Gasteiger partial charge in [-0.3, -0.25) is 9.69 Å². The van der Waals surface area contributed by atoms with E-state index in [2.05, 4.69) is 73.0 Å². The summed E-state index contributed by atoms with van der Waals surface area (Å²) in [6, 6.07) is 9.88. The molecule has 174 valence electrons. The van der Waals surface area contributed by atoms with E-state index < -0.39 is 0 Å². The van der Waals surface area contributed by atoms with Gasteiger partial charge < -0.3 is 9.40 Å². The first-order chi connectivity index (χ1) is 15.7. The molecule has 0 unspecified atom stereocenters. The summed E-state index contributed by atoms with van der Waals surface area (Å²) >= 11 is 0. The van der Waals surface area contributed by atoms with Gasteiger partial charge in [0.05, 0.1) is 24.4 Å². The molecule has 3 aromatic heterocycles. The molecule has 3 heterocycles. The van der Waals surface area contributed by atoms with E-state index in [4.69, 9.17) is 4.42 Å². The maximum atomic E-state index is 13.0. The normalized spacial score (nSPS) is 13.2. The van der Waals surface area contributed by atoms with Crippen molar-refractivity contribution < 1.29 is 4.42 Å². The van der Waals surface area contributed by atoms with Gasteiger partial charge >= 0.3 is 0 Å². The second-order valence-electron chi connectivity index (χ2n) is 9.68. The first-order valence-corrected chi connectivity index (χ1v) is 11.4. The van der Waals surface area contributed by atoms with Crippen molar-refractivity contribution in [2.45, 2.75) is 72.6 Å². The fourth-order valence-electron chi connectivity index (χ4n) is 4.22. The molecule has 1 N–H and O–H groups in total. The number of aryl methyl sites for hydroxylation is 2. The van der Waals surface area contributed by atoms with Crippen LogP contribution in [0.2, 0.25) is 0 Å². The van der Waals surface area contributed by atoms with Gasteiger partial charge in [0.1, 0.15) is 5.76 Å². The maximum absolute atomic E-state index is 13.0. The molecule has 0 fully saturated rings. The molecular formula is C25H32N6O2. The van der Waals surface area contributed by atoms with Crippen LogP contribution in [-0.2, 0) is 18.6 Å². The highest BCUT2D eigenvalue weighted by atomic mass is 16.3. The third kappa shape index (κ3) is 4.75. The predicted octanol–water partition coefficient (Wildman–Crippen LogP) is 4.63. The number of aromatic amines is 1. The van der Waals surface area contributed by atoms with Crippen molar-refractivity contribution in [1.82, 2.24) is 30.1 Å². The van der Waals surface area contributed by atoms with Gasteiger partial charge in [-0.05, 0) is 98.3 Å². The second kappa shape index (κ2) is 8.94. The summed E-state index contributed by atoms with van der Waals surface area (Å²) in [6.45, 7) is 13.5. The standard InChI is InChI=1S/C25H32N6O2/c1-7-22(23-27-28-29-31(23)25(4,5)6)30(15-20-9-8-10-33-20)14-19-13-18-11-16(2)17(3)12-21(18)26-24(19)32/h8-13,22H,7,14-15H2,1-6H3,(H,26,32)/t22-/m0/s1. The Bertz CT molecular complexity index is 1300. The number of tetrazole rings is 1. The Labute approximate surface area is 193 Å². The van der Waals surface area contributed by atoms with Crippen LogP contribution in [0.1, 0.15) is 68.4 Å². The molecule has 0 aliphatic rings. The van der Waals surface area contributed by atoms with Crippen molar-refractivity contribution in [3.05, 3.63) is 75.2 Å². The van der Waals surface area contributed by atoms with Gasteiger partial charge in [-0.2, -0.15) is 0 Å². The van der Waals surface area contributed by atoms with Crippen molar-refractivity contribution in [3.8, 4) is 0 Å². The largest absolute Gasteiger partial charge is 0.468 e. The Hall–Kier alpha value is -3.26. The first-order valence-electron chi connectivity index (χ1n) is 11.4. The fourth-order valence-corrected chi connectivity index (χ4v) is 4.22. The lowest BCUT2D eigenvalue weighted by Crippen LogP contribution is -2.35. The topological polar surface area (TPSA) is 92.8 Å². The molecule has 0 aliphatic carbocycles. The zero-order chi connectivity index (χ0) is 23.8. The van der Waals surface area contributed by atoms with Crippen LogP contribution in [-0.4, -0.2) is 30.1 Å². The number of nitrogens with zero attached hydrogens (tertiary/aromatic N) is 5. The van der Waals surface area contributed by atoms with Gasteiger partial charge in [-0.1, -0.05) is 6.92 Å². The van der Waals surface area contributed by atoms with Crippen LogP contribution < -0.4 is 5.56 Å². The van der Waals surface area contributed by atoms with Crippen LogP contribution in [0.25, 0.3) is 10.9 Å². The molecule has 1 atom stereocenters. The summed E-state index contributed by atoms with van der Waals surface area (Å²) in [6.07, 6.45) is 2.45. The molecule has 8 heteroatoms. The number of pyridine rings is 1. The molecule has 0 bridgehead atoms. The SMILES string of the molecule is CC[C@@H](c1nnnn1C(C)(C)C)N(Cc1ccco1)Cc1cc2cc(C)c(C)cc2[nH]c1=O. The highest BCUT2D eigenvalue weighted by molar-refractivity contribution is 5.80. The third-order valence-corrected chi connectivity index (χ3v) is 6.10. The Balaban J connectivity index is 1.76. The maximum Gasteiger partial charge on any atom is 0.252 e. The van der Waals surface area contributed by atoms with Gasteiger partial charge in [-0.25, -0.2) is 4.68 Å². The van der Waals surface area contributed by atoms with E-state index in [1.165, 1.54) is 5.56 Å². The smallest absolute Gasteiger partial charge is 0.252 e. The van der Waals surface area contributed by atoms with Gasteiger partial charge in [0.2, 0.25) is 0 Å². The molecular weight excluding hydrogens is 416 g/mol. The number of furan rings is 1. The van der Waals surface area contributed by atoms with Crippen LogP contribution >= 0.6 is 0 Å². The molecule has 0 aliphatic heterocycles. The highest BCUT2D eigenvalue weighted by Gasteiger charge is 2.30. The minimum absolute atomic E-state index is 0.0829. The number of hydrogen-bond donors (Lipinski definition) is 1. The number of fused-ring (bicyclic) bond motifs is 1. The summed E-state index contributed by atoms with van der Waals surface area (Å²) in [5, 5.41) is 13.6. The van der Waals surface area contributed by atoms with Crippen molar-refractivity contribution in [1.29, 1.82) is 0 Å². The molecule has 4 aromatic rings. The molecule has 0 radical (unpaired) electrons. The van der Waals surface area contributed by atoms with E-state index in [9.17, 15) is 4.79 Å². The van der Waals surface area contributed by atoms with E-state index in [-0.39, 0.29) is 17.1 Å². The number of nitrogens with one attached hydrogen (secondary N) is 1. The van der Waals surface area contributed by atoms with Crippen molar-refractivity contribution in [2.24, 2.45) is 0 Å². The lowest BCUT2D eigenvalue weighted by atomic mass is 10.0. The van der Waals surface area contributed by atoms with Crippen LogP contribution in [0.3, 0.4) is 0 Å². The van der Waals surface area contributed by atoms with Crippen molar-refractivity contribution in [3.63, 3.8) is 0 Å². The third-order valence-electron chi connectivity index (χ3n) is 6.10. The number of hydrogen-bond acceptors (Lipinski definition) is 6. The van der Waals surface area contributed by atoms with Crippen LogP contribution in [0.5, 0.6) is 0 Å². The number of aromatic nitrogens is 5. The number of benzene rings is 1. The average Bonchev–Trinajstić information content (AvgIpc) is 3.43. The summed E-state index contributed by atoms with van der Waals surface area (Å²) < 4.78 is 7.52. The van der Waals surface area contributed by atoms with Gasteiger partial charge in [0.25, 0.3) is 5.56 Å². The van der Waals surface area contributed by atoms with Gasteiger partial charge in [0.15, 0.2) is 5.82 Å². The lowest BCUT2D eigenvalue weighted by molar-refractivity contribution is 0.142. The predicted molar refractivity (Wildman–Crippen MR) is 128 cm³/mol. The van der Waals surface area contributed by atoms with Crippen LogP contribution in [0.15, 0.2) is 45.8 Å². The fraction of sp³-hybridized carbons (Fsp3) is 0.440. The molecule has 0 amide bonds. The van der Waals surface area contributed by atoms with Crippen LogP contribution in [0.4, 0.5) is 0 Å². The molecule has 0 saturated carbocycles. The lowest BCUT2D eigenvalue weighted by Gasteiger charge is -2.31. The summed E-state index contributed by atoms with van der Waals surface area (Å²) in [5.41, 5.74) is 3.56. The monoisotopic (exact) mass is 448 g/mol. The second-order valence-corrected chi connectivity index (χ2v) is 9.68. The Morgan fingerprint density at radius 2 is 1.91 bits per heavy atom. The molecule has 33 heavy (non-hydrogen) atoms. The summed E-state index contributed by atoms with van der Waals surface area (Å²) in [5.74, 6) is 1.60. The van der Waals surface area contributed by atoms with Crippen molar-refractivity contribution >= 4 is 10.9 Å². The molecule has 0 spiro atoms. The van der Waals surface area contributed by atoms with E-state index in [1.807, 2.05) is 28.9 Å². The quantitative estimate of drug-likeness (QED) is 0.443. The van der Waals surface area contributed by atoms with E-state index >= 15 is 0 Å². The summed E-state index contributed by atoms with van der Waals surface area (Å²) in [4.78, 5) is 18.3. The molecule has 1 aromatic carbocycles. The first kappa shape index (κ1) is 22.9. The average molecular weight is 449 g/mol. The van der Waals surface area contributed by atoms with Crippen LogP contribution in [0, 0.1) is 13.8 Å². The van der Waals surface area contributed by atoms with E-state index in [0.717, 1.165) is 34.5 Å². The minimum atomic E-state index is -0.265.